The lowest BCUT2D eigenvalue weighted by atomic mass is 10.2. The molecule has 116 valence electrons. The minimum absolute atomic E-state index is 0.106. The van der Waals surface area contributed by atoms with E-state index in [0.29, 0.717) is 24.4 Å². The zero-order valence-corrected chi connectivity index (χ0v) is 12.7. The van der Waals surface area contributed by atoms with E-state index in [9.17, 15) is 9.59 Å². The number of hydrogen-bond donors (Lipinski definition) is 1. The first kappa shape index (κ1) is 15.8. The molecule has 0 bridgehead atoms. The molecule has 22 heavy (non-hydrogen) atoms. The normalized spacial score (nSPS) is 10.3. The summed E-state index contributed by atoms with van der Waals surface area (Å²) in [6.07, 6.45) is 2.24. The van der Waals surface area contributed by atoms with Crippen LogP contribution >= 0.6 is 0 Å². The molecular weight excluding hydrogens is 282 g/mol. The SMILES string of the molecule is CCc1cc(=O)n(CCNC(=O)c2ccc(OC)cc2)cn1. The molecule has 6 heteroatoms. The van der Waals surface area contributed by atoms with Gasteiger partial charge in [-0.3, -0.25) is 14.2 Å². The van der Waals surface area contributed by atoms with Crippen molar-refractivity contribution in [1.29, 1.82) is 0 Å². The number of rotatable bonds is 6. The Labute approximate surface area is 128 Å². The lowest BCUT2D eigenvalue weighted by molar-refractivity contribution is 0.0952. The van der Waals surface area contributed by atoms with Crippen molar-refractivity contribution in [3.05, 3.63) is 58.3 Å². The third-order valence-corrected chi connectivity index (χ3v) is 3.29. The first-order valence-corrected chi connectivity index (χ1v) is 7.11. The van der Waals surface area contributed by atoms with Gasteiger partial charge in [-0.2, -0.15) is 0 Å². The largest absolute Gasteiger partial charge is 0.497 e. The van der Waals surface area contributed by atoms with Crippen LogP contribution < -0.4 is 15.6 Å². The molecule has 1 aromatic carbocycles. The van der Waals surface area contributed by atoms with Crippen LogP contribution in [0.1, 0.15) is 23.0 Å². The van der Waals surface area contributed by atoms with Gasteiger partial charge in [-0.15, -0.1) is 0 Å². The van der Waals surface area contributed by atoms with Gasteiger partial charge in [-0.1, -0.05) is 6.92 Å². The molecule has 0 radical (unpaired) electrons. The second-order valence-electron chi connectivity index (χ2n) is 4.75. The summed E-state index contributed by atoms with van der Waals surface area (Å²) in [6.45, 7) is 2.69. The molecular formula is C16H19N3O3. The van der Waals surface area contributed by atoms with E-state index in [1.165, 1.54) is 17.0 Å². The van der Waals surface area contributed by atoms with Crippen LogP contribution in [0, 0.1) is 0 Å². The Morgan fingerprint density at radius 1 is 1.32 bits per heavy atom. The van der Waals surface area contributed by atoms with Gasteiger partial charge >= 0.3 is 0 Å². The van der Waals surface area contributed by atoms with Crippen molar-refractivity contribution >= 4 is 5.91 Å². The molecule has 0 atom stereocenters. The minimum atomic E-state index is -0.186. The summed E-state index contributed by atoms with van der Waals surface area (Å²) in [4.78, 5) is 27.9. The van der Waals surface area contributed by atoms with Crippen LogP contribution in [0.25, 0.3) is 0 Å². The zero-order valence-electron chi connectivity index (χ0n) is 12.7. The molecule has 1 aromatic heterocycles. The first-order valence-electron chi connectivity index (χ1n) is 7.11. The Balaban J connectivity index is 1.90. The Bertz CT molecular complexity index is 693. The molecule has 2 aromatic rings. The fraction of sp³-hybridized carbons (Fsp3) is 0.312. The summed E-state index contributed by atoms with van der Waals surface area (Å²) < 4.78 is 6.52. The van der Waals surface area contributed by atoms with Crippen LogP contribution in [0.4, 0.5) is 0 Å². The average Bonchev–Trinajstić information content (AvgIpc) is 2.56. The third-order valence-electron chi connectivity index (χ3n) is 3.29. The molecule has 1 heterocycles. The van der Waals surface area contributed by atoms with Gasteiger partial charge in [0, 0.05) is 30.4 Å². The number of amides is 1. The van der Waals surface area contributed by atoms with Crippen LogP contribution in [0.15, 0.2) is 41.5 Å². The molecule has 1 N–H and O–H groups in total. The molecule has 0 aliphatic carbocycles. The van der Waals surface area contributed by atoms with E-state index in [0.717, 1.165) is 12.1 Å². The number of nitrogens with zero attached hydrogens (tertiary/aromatic N) is 2. The summed E-state index contributed by atoms with van der Waals surface area (Å²) in [5, 5.41) is 2.77. The van der Waals surface area contributed by atoms with Crippen molar-refractivity contribution in [3.63, 3.8) is 0 Å². The third kappa shape index (κ3) is 3.94. The number of benzene rings is 1. The summed E-state index contributed by atoms with van der Waals surface area (Å²) >= 11 is 0. The number of ether oxygens (including phenoxy) is 1. The van der Waals surface area contributed by atoms with Gasteiger partial charge in [0.15, 0.2) is 0 Å². The van der Waals surface area contributed by atoms with Gasteiger partial charge in [-0.25, -0.2) is 4.98 Å². The van der Waals surface area contributed by atoms with Crippen LogP contribution in [-0.4, -0.2) is 29.1 Å². The van der Waals surface area contributed by atoms with Crippen LogP contribution in [0.5, 0.6) is 5.75 Å². The lowest BCUT2D eigenvalue weighted by Crippen LogP contribution is -2.31. The second-order valence-corrected chi connectivity index (χ2v) is 4.75. The van der Waals surface area contributed by atoms with E-state index in [1.807, 2.05) is 6.92 Å². The fourth-order valence-electron chi connectivity index (χ4n) is 1.96. The first-order chi connectivity index (χ1) is 10.6. The Kier molecular flexibility index (Phi) is 5.30. The maximum atomic E-state index is 12.0. The summed E-state index contributed by atoms with van der Waals surface area (Å²) in [7, 11) is 1.57. The van der Waals surface area contributed by atoms with Crippen LogP contribution in [0.2, 0.25) is 0 Å². The van der Waals surface area contributed by atoms with E-state index in [1.54, 1.807) is 31.4 Å². The molecule has 6 nitrogen and oxygen atoms in total. The van der Waals surface area contributed by atoms with Gasteiger partial charge in [-0.05, 0) is 30.7 Å². The van der Waals surface area contributed by atoms with Crippen molar-refractivity contribution in [2.45, 2.75) is 19.9 Å². The minimum Gasteiger partial charge on any atom is -0.497 e. The Hall–Kier alpha value is -2.63. The smallest absolute Gasteiger partial charge is 0.253 e. The Morgan fingerprint density at radius 2 is 2.05 bits per heavy atom. The second kappa shape index (κ2) is 7.40. The number of aromatic nitrogens is 2. The number of methoxy groups -OCH3 is 1. The van der Waals surface area contributed by atoms with Gasteiger partial charge in [0.2, 0.25) is 0 Å². The highest BCUT2D eigenvalue weighted by atomic mass is 16.5. The molecule has 0 aliphatic heterocycles. The molecule has 0 saturated carbocycles. The van der Waals surface area contributed by atoms with E-state index >= 15 is 0 Å². The fourth-order valence-corrected chi connectivity index (χ4v) is 1.96. The van der Waals surface area contributed by atoms with E-state index in [-0.39, 0.29) is 11.5 Å². The van der Waals surface area contributed by atoms with Crippen LogP contribution in [0.3, 0.4) is 0 Å². The predicted octanol–water partition coefficient (Wildman–Crippen LogP) is 1.24. The van der Waals surface area contributed by atoms with Gasteiger partial charge in [0.1, 0.15) is 5.75 Å². The maximum Gasteiger partial charge on any atom is 0.253 e. The van der Waals surface area contributed by atoms with E-state index in [4.69, 9.17) is 4.74 Å². The lowest BCUT2D eigenvalue weighted by Gasteiger charge is -2.08. The predicted molar refractivity (Wildman–Crippen MR) is 83.2 cm³/mol. The summed E-state index contributed by atoms with van der Waals surface area (Å²) in [6, 6.07) is 8.36. The van der Waals surface area contributed by atoms with Crippen LogP contribution in [-0.2, 0) is 13.0 Å². The molecule has 0 unspecified atom stereocenters. The number of nitrogens with one attached hydrogen (secondary N) is 1. The average molecular weight is 301 g/mol. The monoisotopic (exact) mass is 301 g/mol. The van der Waals surface area contributed by atoms with E-state index < -0.39 is 0 Å². The van der Waals surface area contributed by atoms with Crippen molar-refractivity contribution in [2.75, 3.05) is 13.7 Å². The molecule has 2 rings (SSSR count). The van der Waals surface area contributed by atoms with Crippen molar-refractivity contribution in [3.8, 4) is 5.75 Å². The molecule has 1 amide bonds. The quantitative estimate of drug-likeness (QED) is 0.871. The topological polar surface area (TPSA) is 73.2 Å². The number of hydrogen-bond acceptors (Lipinski definition) is 4. The standard InChI is InChI=1S/C16H19N3O3/c1-3-13-10-15(20)19(11-18-13)9-8-17-16(21)12-4-6-14(22-2)7-5-12/h4-7,10-11H,3,8-9H2,1-2H3,(H,17,21). The van der Waals surface area contributed by atoms with E-state index in [2.05, 4.69) is 10.3 Å². The highest BCUT2D eigenvalue weighted by Gasteiger charge is 2.05. The maximum absolute atomic E-state index is 12.0. The van der Waals surface area contributed by atoms with Gasteiger partial charge < -0.3 is 10.1 Å². The number of aryl methyl sites for hydroxylation is 1. The number of carbonyl (C=O) groups excluding carboxylic acids is 1. The van der Waals surface area contributed by atoms with Crippen molar-refractivity contribution in [1.82, 2.24) is 14.9 Å². The summed E-state index contributed by atoms with van der Waals surface area (Å²) in [5.41, 5.74) is 1.21. The molecule has 0 saturated heterocycles. The van der Waals surface area contributed by atoms with Gasteiger partial charge in [0.25, 0.3) is 11.5 Å². The molecule has 0 aliphatic rings. The highest BCUT2D eigenvalue weighted by Crippen LogP contribution is 2.10. The zero-order chi connectivity index (χ0) is 15.9. The molecule has 0 fully saturated rings. The highest BCUT2D eigenvalue weighted by molar-refractivity contribution is 5.94. The summed E-state index contributed by atoms with van der Waals surface area (Å²) in [5.74, 6) is 0.513. The van der Waals surface area contributed by atoms with Gasteiger partial charge in [0.05, 0.1) is 13.4 Å². The number of carbonyl (C=O) groups is 1. The Morgan fingerprint density at radius 3 is 2.64 bits per heavy atom. The van der Waals surface area contributed by atoms with Crippen molar-refractivity contribution in [2.24, 2.45) is 0 Å². The molecule has 0 spiro atoms. The van der Waals surface area contributed by atoms with Crippen molar-refractivity contribution < 1.29 is 9.53 Å².